The fraction of sp³-hybridized carbons (Fsp3) is 0.0526. The Labute approximate surface area is 124 Å². The summed E-state index contributed by atoms with van der Waals surface area (Å²) < 4.78 is 1.61. The van der Waals surface area contributed by atoms with E-state index in [1.165, 1.54) is 11.1 Å². The van der Waals surface area contributed by atoms with Crippen molar-refractivity contribution in [1.29, 1.82) is 0 Å². The third-order valence-corrected chi connectivity index (χ3v) is 3.40. The van der Waals surface area contributed by atoms with E-state index in [1.54, 1.807) is 4.57 Å². The van der Waals surface area contributed by atoms with Gasteiger partial charge in [-0.3, -0.25) is 0 Å². The van der Waals surface area contributed by atoms with Crippen LogP contribution < -0.4 is 4.57 Å². The van der Waals surface area contributed by atoms with Gasteiger partial charge in [0.15, 0.2) is 12.4 Å². The summed E-state index contributed by atoms with van der Waals surface area (Å²) in [5.41, 5.74) is 3.15. The van der Waals surface area contributed by atoms with E-state index in [4.69, 9.17) is 0 Å². The standard InChI is InChI=1S/C19H16NO/c21-19(18-9-5-2-6-10-18)20-13-11-17(12-14-20)15-16-7-3-1-4-8-16/h1-14H,15H2/q+1. The molecule has 0 bridgehead atoms. The molecule has 0 unspecified atom stereocenters. The molecular formula is C19H16NO+. The second kappa shape index (κ2) is 6.14. The monoisotopic (exact) mass is 274 g/mol. The molecule has 3 aromatic rings. The van der Waals surface area contributed by atoms with Gasteiger partial charge in [-0.15, -0.1) is 4.57 Å². The number of hydrogen-bond acceptors (Lipinski definition) is 1. The van der Waals surface area contributed by atoms with Crippen LogP contribution in [0.15, 0.2) is 85.2 Å². The molecule has 2 heteroatoms. The highest BCUT2D eigenvalue weighted by Crippen LogP contribution is 2.07. The number of carbonyl (C=O) groups excluding carboxylic acids is 1. The molecule has 0 aliphatic rings. The van der Waals surface area contributed by atoms with Crippen LogP contribution in [-0.4, -0.2) is 5.91 Å². The van der Waals surface area contributed by atoms with Gasteiger partial charge in [0.2, 0.25) is 0 Å². The van der Waals surface area contributed by atoms with Crippen LogP contribution in [0.25, 0.3) is 0 Å². The van der Waals surface area contributed by atoms with Crippen molar-refractivity contribution in [1.82, 2.24) is 0 Å². The zero-order chi connectivity index (χ0) is 14.5. The van der Waals surface area contributed by atoms with Crippen LogP contribution >= 0.6 is 0 Å². The van der Waals surface area contributed by atoms with Crippen LogP contribution in [0.4, 0.5) is 0 Å². The lowest BCUT2D eigenvalue weighted by Crippen LogP contribution is -2.42. The molecule has 0 saturated heterocycles. The van der Waals surface area contributed by atoms with E-state index < -0.39 is 0 Å². The minimum Gasteiger partial charge on any atom is -0.214 e. The number of aromatic nitrogens is 1. The fourth-order valence-corrected chi connectivity index (χ4v) is 2.27. The number of carbonyl (C=O) groups is 1. The van der Waals surface area contributed by atoms with Crippen molar-refractivity contribution in [3.05, 3.63) is 102 Å². The fourth-order valence-electron chi connectivity index (χ4n) is 2.27. The van der Waals surface area contributed by atoms with Crippen molar-refractivity contribution in [3.63, 3.8) is 0 Å². The Balaban J connectivity index is 1.77. The largest absolute Gasteiger partial charge is 0.424 e. The molecule has 0 fully saturated rings. The van der Waals surface area contributed by atoms with Crippen molar-refractivity contribution in [2.45, 2.75) is 6.42 Å². The second-order valence-electron chi connectivity index (χ2n) is 4.95. The minimum atomic E-state index is -0.0122. The molecule has 3 rings (SSSR count). The van der Waals surface area contributed by atoms with Crippen LogP contribution in [-0.2, 0) is 6.42 Å². The first-order chi connectivity index (χ1) is 10.3. The zero-order valence-corrected chi connectivity index (χ0v) is 11.6. The average Bonchev–Trinajstić information content (AvgIpc) is 2.57. The van der Waals surface area contributed by atoms with E-state index in [9.17, 15) is 4.79 Å². The molecule has 1 aromatic heterocycles. The van der Waals surface area contributed by atoms with Crippen LogP contribution in [0, 0.1) is 0 Å². The molecule has 102 valence electrons. The van der Waals surface area contributed by atoms with Crippen LogP contribution in [0.2, 0.25) is 0 Å². The molecule has 2 nitrogen and oxygen atoms in total. The summed E-state index contributed by atoms with van der Waals surface area (Å²) in [4.78, 5) is 12.3. The maximum Gasteiger partial charge on any atom is 0.424 e. The molecule has 0 N–H and O–H groups in total. The van der Waals surface area contributed by atoms with Crippen molar-refractivity contribution in [3.8, 4) is 0 Å². The number of benzene rings is 2. The number of nitrogens with zero attached hydrogens (tertiary/aromatic N) is 1. The summed E-state index contributed by atoms with van der Waals surface area (Å²) in [7, 11) is 0. The molecule has 0 spiro atoms. The maximum absolute atomic E-state index is 12.3. The summed E-state index contributed by atoms with van der Waals surface area (Å²) in [5, 5.41) is 0. The molecule has 0 saturated carbocycles. The smallest absolute Gasteiger partial charge is 0.214 e. The lowest BCUT2D eigenvalue weighted by molar-refractivity contribution is -0.570. The number of hydrogen-bond donors (Lipinski definition) is 0. The minimum absolute atomic E-state index is 0.0122. The van der Waals surface area contributed by atoms with Gasteiger partial charge < -0.3 is 0 Å². The summed E-state index contributed by atoms with van der Waals surface area (Å²) in [6.07, 6.45) is 4.53. The van der Waals surface area contributed by atoms with Gasteiger partial charge in [-0.1, -0.05) is 48.5 Å². The van der Waals surface area contributed by atoms with Gasteiger partial charge in [0.05, 0.1) is 5.56 Å². The molecule has 0 aliphatic heterocycles. The Morgan fingerprint density at radius 3 is 1.86 bits per heavy atom. The van der Waals surface area contributed by atoms with Crippen LogP contribution in [0.5, 0.6) is 0 Å². The summed E-state index contributed by atoms with van der Waals surface area (Å²) >= 11 is 0. The molecule has 0 amide bonds. The topological polar surface area (TPSA) is 20.9 Å². The summed E-state index contributed by atoms with van der Waals surface area (Å²) in [6, 6.07) is 23.6. The molecular weight excluding hydrogens is 258 g/mol. The van der Waals surface area contributed by atoms with Crippen molar-refractivity contribution >= 4 is 5.91 Å². The van der Waals surface area contributed by atoms with Gasteiger partial charge in [-0.2, -0.15) is 0 Å². The molecule has 1 heterocycles. The highest BCUT2D eigenvalue weighted by molar-refractivity contribution is 5.86. The van der Waals surface area contributed by atoms with E-state index in [0.717, 1.165) is 6.42 Å². The Morgan fingerprint density at radius 1 is 0.714 bits per heavy atom. The molecule has 0 aliphatic carbocycles. The lowest BCUT2D eigenvalue weighted by Gasteiger charge is -2.01. The quantitative estimate of drug-likeness (QED) is 0.672. The number of pyridine rings is 1. The predicted octanol–water partition coefficient (Wildman–Crippen LogP) is 3.25. The molecule has 0 radical (unpaired) electrons. The maximum atomic E-state index is 12.3. The third kappa shape index (κ3) is 3.23. The highest BCUT2D eigenvalue weighted by atomic mass is 16.2. The van der Waals surface area contributed by atoms with Gasteiger partial charge in [0, 0.05) is 12.1 Å². The Bertz CT molecular complexity index is 719. The van der Waals surface area contributed by atoms with E-state index in [1.807, 2.05) is 73.1 Å². The van der Waals surface area contributed by atoms with E-state index in [2.05, 4.69) is 12.1 Å². The first kappa shape index (κ1) is 13.3. The van der Waals surface area contributed by atoms with E-state index in [0.29, 0.717) is 5.56 Å². The highest BCUT2D eigenvalue weighted by Gasteiger charge is 2.15. The van der Waals surface area contributed by atoms with Crippen LogP contribution in [0.1, 0.15) is 21.5 Å². The van der Waals surface area contributed by atoms with Crippen molar-refractivity contribution in [2.75, 3.05) is 0 Å². The number of rotatable bonds is 3. The van der Waals surface area contributed by atoms with Gasteiger partial charge in [-0.25, -0.2) is 4.79 Å². The SMILES string of the molecule is O=C(c1ccccc1)[n+]1ccc(Cc2ccccc2)cc1. The third-order valence-electron chi connectivity index (χ3n) is 3.40. The predicted molar refractivity (Wildman–Crippen MR) is 82.1 cm³/mol. The first-order valence-corrected chi connectivity index (χ1v) is 6.97. The average molecular weight is 274 g/mol. The molecule has 21 heavy (non-hydrogen) atoms. The Hall–Kier alpha value is -2.74. The van der Waals surface area contributed by atoms with Gasteiger partial charge in [0.1, 0.15) is 0 Å². The molecule has 2 aromatic carbocycles. The molecule has 0 atom stereocenters. The van der Waals surface area contributed by atoms with Crippen molar-refractivity contribution < 1.29 is 9.36 Å². The lowest BCUT2D eigenvalue weighted by atomic mass is 10.1. The van der Waals surface area contributed by atoms with Crippen molar-refractivity contribution in [2.24, 2.45) is 0 Å². The zero-order valence-electron chi connectivity index (χ0n) is 11.6. The van der Waals surface area contributed by atoms with Gasteiger partial charge >= 0.3 is 5.91 Å². The van der Waals surface area contributed by atoms with Gasteiger partial charge in [-0.05, 0) is 29.7 Å². The summed E-state index contributed by atoms with van der Waals surface area (Å²) in [5.74, 6) is -0.0122. The summed E-state index contributed by atoms with van der Waals surface area (Å²) in [6.45, 7) is 0. The second-order valence-corrected chi connectivity index (χ2v) is 4.95. The van der Waals surface area contributed by atoms with E-state index >= 15 is 0 Å². The van der Waals surface area contributed by atoms with Gasteiger partial charge in [0.25, 0.3) is 0 Å². The Kier molecular flexibility index (Phi) is 3.88. The first-order valence-electron chi connectivity index (χ1n) is 6.97. The van der Waals surface area contributed by atoms with E-state index in [-0.39, 0.29) is 5.91 Å². The Morgan fingerprint density at radius 2 is 1.24 bits per heavy atom. The van der Waals surface area contributed by atoms with Crippen LogP contribution in [0.3, 0.4) is 0 Å². The normalized spacial score (nSPS) is 10.3.